The van der Waals surface area contributed by atoms with E-state index in [0.29, 0.717) is 22.5 Å². The van der Waals surface area contributed by atoms with Crippen LogP contribution in [0.2, 0.25) is 0 Å². The van der Waals surface area contributed by atoms with Crippen molar-refractivity contribution in [3.8, 4) is 6.07 Å². The van der Waals surface area contributed by atoms with Crippen molar-refractivity contribution in [1.29, 1.82) is 5.26 Å². The minimum absolute atomic E-state index is 0.0440. The molecular weight excluding hydrogens is 464 g/mol. The van der Waals surface area contributed by atoms with E-state index in [-0.39, 0.29) is 29.3 Å². The molecule has 0 bridgehead atoms. The molecular formula is C26H26N4O6. The second kappa shape index (κ2) is 11.2. The lowest BCUT2D eigenvalue weighted by molar-refractivity contribution is -0.139. The summed E-state index contributed by atoms with van der Waals surface area (Å²) in [4.78, 5) is 39.7. The zero-order valence-electron chi connectivity index (χ0n) is 20.3. The Morgan fingerprint density at radius 3 is 2.31 bits per heavy atom. The van der Waals surface area contributed by atoms with Gasteiger partial charge in [-0.05, 0) is 30.2 Å². The Morgan fingerprint density at radius 1 is 1.06 bits per heavy atom. The van der Waals surface area contributed by atoms with Gasteiger partial charge in [0.15, 0.2) is 0 Å². The molecule has 0 aromatic heterocycles. The smallest absolute Gasteiger partial charge is 0.355 e. The van der Waals surface area contributed by atoms with Crippen LogP contribution >= 0.6 is 0 Å². The summed E-state index contributed by atoms with van der Waals surface area (Å²) in [6, 6.07) is 15.8. The molecule has 0 spiro atoms. The van der Waals surface area contributed by atoms with Crippen LogP contribution < -0.4 is 16.0 Å². The number of hydrogen-bond acceptors (Lipinski definition) is 9. The number of hydrogen-bond donors (Lipinski definition) is 2. The lowest BCUT2D eigenvalue weighted by Crippen LogP contribution is -2.41. The third kappa shape index (κ3) is 4.92. The highest BCUT2D eigenvalue weighted by molar-refractivity contribution is 6.06. The van der Waals surface area contributed by atoms with Gasteiger partial charge in [0.25, 0.3) is 0 Å². The number of carbonyl (C=O) groups excluding carboxylic acids is 3. The van der Waals surface area contributed by atoms with E-state index in [1.54, 1.807) is 55.5 Å². The summed E-state index contributed by atoms with van der Waals surface area (Å²) in [6.45, 7) is 1.59. The number of carbonyl (C=O) groups is 3. The normalized spacial score (nSPS) is 15.3. The summed E-state index contributed by atoms with van der Waals surface area (Å²) < 4.78 is 14.9. The summed E-state index contributed by atoms with van der Waals surface area (Å²) in [5.41, 5.74) is 8.22. The van der Waals surface area contributed by atoms with Gasteiger partial charge in [-0.25, -0.2) is 9.59 Å². The SMILES string of the molecule is COCC(=O)Nc1ccc(C)c(N2C(N)=C(C#N)C(c3ccccc3)C(C(=O)OC)=C2C(=O)OC)c1. The number of nitrogens with two attached hydrogens (primary N) is 1. The van der Waals surface area contributed by atoms with Crippen molar-refractivity contribution in [2.24, 2.45) is 5.73 Å². The Bertz CT molecular complexity index is 1290. The van der Waals surface area contributed by atoms with E-state index >= 15 is 0 Å². The number of methoxy groups -OCH3 is 3. The molecule has 1 atom stereocenters. The van der Waals surface area contributed by atoms with Crippen LogP contribution in [0.3, 0.4) is 0 Å². The van der Waals surface area contributed by atoms with Gasteiger partial charge >= 0.3 is 11.9 Å². The molecule has 0 radical (unpaired) electrons. The van der Waals surface area contributed by atoms with Crippen LogP contribution in [-0.2, 0) is 28.6 Å². The van der Waals surface area contributed by atoms with Crippen LogP contribution in [0.1, 0.15) is 17.0 Å². The van der Waals surface area contributed by atoms with Crippen LogP contribution in [-0.4, -0.2) is 45.8 Å². The number of aryl methyl sites for hydroxylation is 1. The predicted molar refractivity (Wildman–Crippen MR) is 131 cm³/mol. The Balaban J connectivity index is 2.34. The van der Waals surface area contributed by atoms with Crippen LogP contribution in [0.4, 0.5) is 11.4 Å². The zero-order chi connectivity index (χ0) is 26.4. The molecule has 2 aromatic rings. The number of nitriles is 1. The minimum Gasteiger partial charge on any atom is -0.466 e. The molecule has 2 aromatic carbocycles. The number of anilines is 2. The van der Waals surface area contributed by atoms with E-state index in [0.717, 1.165) is 0 Å². The summed E-state index contributed by atoms with van der Waals surface area (Å²) >= 11 is 0. The average molecular weight is 491 g/mol. The van der Waals surface area contributed by atoms with Crippen molar-refractivity contribution in [2.75, 3.05) is 38.2 Å². The van der Waals surface area contributed by atoms with Crippen molar-refractivity contribution in [3.63, 3.8) is 0 Å². The van der Waals surface area contributed by atoms with Gasteiger partial charge in [-0.2, -0.15) is 5.26 Å². The number of nitrogens with zero attached hydrogens (tertiary/aromatic N) is 2. The Labute approximate surface area is 208 Å². The van der Waals surface area contributed by atoms with Crippen molar-refractivity contribution in [2.45, 2.75) is 12.8 Å². The molecule has 0 saturated carbocycles. The largest absolute Gasteiger partial charge is 0.466 e. The standard InChI is InChI=1S/C26H26N4O6/c1-15-10-11-17(29-20(31)14-34-2)12-19(15)30-23(26(33)36-4)22(25(32)35-3)21(18(13-27)24(30)28)16-8-6-5-7-9-16/h5-12,21H,14,28H2,1-4H3,(H,29,31). The number of ether oxygens (including phenoxy) is 3. The van der Waals surface area contributed by atoms with Crippen LogP contribution in [0.15, 0.2) is 71.2 Å². The maximum absolute atomic E-state index is 13.2. The highest BCUT2D eigenvalue weighted by Crippen LogP contribution is 2.44. The number of nitrogens with one attached hydrogen (secondary N) is 1. The van der Waals surface area contributed by atoms with Gasteiger partial charge < -0.3 is 25.3 Å². The maximum Gasteiger partial charge on any atom is 0.355 e. The Kier molecular flexibility index (Phi) is 8.09. The van der Waals surface area contributed by atoms with Crippen molar-refractivity contribution >= 4 is 29.2 Å². The molecule has 1 amide bonds. The number of allylic oxidation sites excluding steroid dienone is 1. The highest BCUT2D eigenvalue weighted by Gasteiger charge is 2.43. The van der Waals surface area contributed by atoms with Crippen LogP contribution in [0.25, 0.3) is 0 Å². The fraction of sp³-hybridized carbons (Fsp3) is 0.231. The summed E-state index contributed by atoms with van der Waals surface area (Å²) in [5.74, 6) is -3.11. The first-order valence-corrected chi connectivity index (χ1v) is 10.8. The molecule has 36 heavy (non-hydrogen) atoms. The highest BCUT2D eigenvalue weighted by atomic mass is 16.5. The van der Waals surface area contributed by atoms with Crippen LogP contribution in [0.5, 0.6) is 0 Å². The number of esters is 2. The van der Waals surface area contributed by atoms with Crippen molar-refractivity contribution < 1.29 is 28.6 Å². The van der Waals surface area contributed by atoms with Gasteiger partial charge in [0.1, 0.15) is 18.1 Å². The summed E-state index contributed by atoms with van der Waals surface area (Å²) in [5, 5.41) is 12.8. The molecule has 0 saturated heterocycles. The van der Waals surface area contributed by atoms with E-state index in [9.17, 15) is 19.6 Å². The lowest BCUT2D eigenvalue weighted by Gasteiger charge is -2.36. The van der Waals surface area contributed by atoms with Crippen molar-refractivity contribution in [3.05, 3.63) is 82.3 Å². The van der Waals surface area contributed by atoms with Gasteiger partial charge in [0.2, 0.25) is 5.91 Å². The third-order valence-corrected chi connectivity index (χ3v) is 5.62. The van der Waals surface area contributed by atoms with E-state index in [1.807, 2.05) is 0 Å². The van der Waals surface area contributed by atoms with Gasteiger partial charge in [-0.15, -0.1) is 0 Å². The lowest BCUT2D eigenvalue weighted by atomic mass is 9.80. The third-order valence-electron chi connectivity index (χ3n) is 5.62. The molecule has 0 fully saturated rings. The Hall–Kier alpha value is -4.62. The maximum atomic E-state index is 13.2. The molecule has 1 aliphatic heterocycles. The minimum atomic E-state index is -0.973. The predicted octanol–water partition coefficient (Wildman–Crippen LogP) is 2.48. The van der Waals surface area contributed by atoms with E-state index < -0.39 is 23.8 Å². The molecule has 1 unspecified atom stereocenters. The van der Waals surface area contributed by atoms with E-state index in [4.69, 9.17) is 19.9 Å². The first kappa shape index (κ1) is 26.0. The second-order valence-corrected chi connectivity index (χ2v) is 7.82. The van der Waals surface area contributed by atoms with Gasteiger partial charge in [0, 0.05) is 12.8 Å². The molecule has 186 valence electrons. The quantitative estimate of drug-likeness (QED) is 0.559. The zero-order valence-corrected chi connectivity index (χ0v) is 20.3. The molecule has 10 nitrogen and oxygen atoms in total. The first-order valence-electron chi connectivity index (χ1n) is 10.8. The molecule has 1 aliphatic rings. The number of amides is 1. The Morgan fingerprint density at radius 2 is 1.72 bits per heavy atom. The number of rotatable bonds is 7. The summed E-state index contributed by atoms with van der Waals surface area (Å²) in [6.07, 6.45) is 0. The van der Waals surface area contributed by atoms with Crippen molar-refractivity contribution in [1.82, 2.24) is 0 Å². The van der Waals surface area contributed by atoms with Crippen LogP contribution in [0, 0.1) is 18.3 Å². The van der Waals surface area contributed by atoms with E-state index in [1.165, 1.54) is 26.2 Å². The fourth-order valence-corrected chi connectivity index (χ4v) is 4.02. The number of benzene rings is 2. The molecule has 3 rings (SSSR count). The fourth-order valence-electron chi connectivity index (χ4n) is 4.02. The van der Waals surface area contributed by atoms with E-state index in [2.05, 4.69) is 11.4 Å². The summed E-state index contributed by atoms with van der Waals surface area (Å²) in [7, 11) is 3.75. The molecule has 0 aliphatic carbocycles. The second-order valence-electron chi connectivity index (χ2n) is 7.82. The van der Waals surface area contributed by atoms with Gasteiger partial charge in [0.05, 0.1) is 43.0 Å². The average Bonchev–Trinajstić information content (AvgIpc) is 2.88. The molecule has 10 heteroatoms. The van der Waals surface area contributed by atoms with Gasteiger partial charge in [-0.1, -0.05) is 36.4 Å². The monoisotopic (exact) mass is 490 g/mol. The molecule has 1 heterocycles. The first-order chi connectivity index (χ1) is 17.3. The topological polar surface area (TPSA) is 144 Å². The van der Waals surface area contributed by atoms with Gasteiger partial charge in [-0.3, -0.25) is 9.69 Å². The molecule has 3 N–H and O–H groups in total.